The van der Waals surface area contributed by atoms with E-state index in [-0.39, 0.29) is 0 Å². The summed E-state index contributed by atoms with van der Waals surface area (Å²) in [5, 5.41) is 4.75. The van der Waals surface area contributed by atoms with Gasteiger partial charge in [-0.15, -0.1) is 11.3 Å². The van der Waals surface area contributed by atoms with E-state index >= 15 is 0 Å². The molecule has 1 aromatic heterocycles. The van der Waals surface area contributed by atoms with Gasteiger partial charge in [-0.1, -0.05) is 19.1 Å². The van der Waals surface area contributed by atoms with Gasteiger partial charge in [0.25, 0.3) is 0 Å². The van der Waals surface area contributed by atoms with Crippen LogP contribution < -0.4 is 10.2 Å². The highest BCUT2D eigenvalue weighted by molar-refractivity contribution is 7.11. The number of thiazole rings is 1. The average Bonchev–Trinajstić information content (AvgIpc) is 3.02. The molecule has 0 saturated carbocycles. The Morgan fingerprint density at radius 3 is 2.86 bits per heavy atom. The lowest BCUT2D eigenvalue weighted by molar-refractivity contribution is 0.123. The average molecular weight is 303 g/mol. The number of nitrogens with zero attached hydrogens (tertiary/aromatic N) is 2. The summed E-state index contributed by atoms with van der Waals surface area (Å²) < 4.78 is 5.44. The van der Waals surface area contributed by atoms with Crippen LogP contribution in [-0.2, 0) is 17.7 Å². The molecule has 4 nitrogen and oxygen atoms in total. The van der Waals surface area contributed by atoms with Crippen LogP contribution in [0.1, 0.15) is 16.8 Å². The molecule has 3 rings (SSSR count). The summed E-state index contributed by atoms with van der Waals surface area (Å²) in [5.74, 6) is 0. The number of hydrogen-bond donors (Lipinski definition) is 1. The van der Waals surface area contributed by atoms with Gasteiger partial charge in [-0.25, -0.2) is 4.98 Å². The molecule has 1 fully saturated rings. The molecule has 0 radical (unpaired) electrons. The van der Waals surface area contributed by atoms with Crippen molar-refractivity contribution < 1.29 is 4.74 Å². The summed E-state index contributed by atoms with van der Waals surface area (Å²) in [6.07, 6.45) is 2.99. The minimum Gasteiger partial charge on any atom is -0.378 e. The van der Waals surface area contributed by atoms with Crippen molar-refractivity contribution in [1.29, 1.82) is 0 Å². The molecule has 2 heterocycles. The zero-order chi connectivity index (χ0) is 14.5. The van der Waals surface area contributed by atoms with Crippen LogP contribution in [-0.4, -0.2) is 31.3 Å². The highest BCUT2D eigenvalue weighted by atomic mass is 32.1. The van der Waals surface area contributed by atoms with Crippen molar-refractivity contribution in [1.82, 2.24) is 4.98 Å². The van der Waals surface area contributed by atoms with Crippen LogP contribution in [0.15, 0.2) is 30.5 Å². The van der Waals surface area contributed by atoms with Crippen molar-refractivity contribution in [2.45, 2.75) is 19.9 Å². The first-order chi connectivity index (χ1) is 10.4. The van der Waals surface area contributed by atoms with E-state index < -0.39 is 0 Å². The maximum Gasteiger partial charge on any atom is 0.0925 e. The highest BCUT2D eigenvalue weighted by Crippen LogP contribution is 2.27. The number of morpholine rings is 1. The van der Waals surface area contributed by atoms with Gasteiger partial charge in [-0.05, 0) is 18.6 Å². The van der Waals surface area contributed by atoms with E-state index in [9.17, 15) is 0 Å². The Labute approximate surface area is 129 Å². The van der Waals surface area contributed by atoms with E-state index in [2.05, 4.69) is 46.4 Å². The first-order valence-corrected chi connectivity index (χ1v) is 8.27. The molecule has 1 N–H and O–H groups in total. The topological polar surface area (TPSA) is 37.4 Å². The van der Waals surface area contributed by atoms with E-state index in [1.807, 2.05) is 6.20 Å². The second kappa shape index (κ2) is 6.91. The van der Waals surface area contributed by atoms with E-state index in [1.54, 1.807) is 11.3 Å². The maximum absolute atomic E-state index is 5.44. The third-order valence-electron chi connectivity index (χ3n) is 3.61. The van der Waals surface area contributed by atoms with Crippen molar-refractivity contribution in [3.63, 3.8) is 0 Å². The molecule has 1 aliphatic rings. The standard InChI is InChI=1S/C16H21N3OS/c1-2-16-18-12-13(21-16)11-17-14-5-3-4-6-15(14)19-7-9-20-10-8-19/h3-6,12,17H,2,7-11H2,1H3. The molecule has 0 unspecified atom stereocenters. The highest BCUT2D eigenvalue weighted by Gasteiger charge is 2.14. The van der Waals surface area contributed by atoms with Crippen molar-refractivity contribution in [3.05, 3.63) is 40.3 Å². The Morgan fingerprint density at radius 2 is 2.10 bits per heavy atom. The number of aryl methyl sites for hydroxylation is 1. The normalized spacial score (nSPS) is 15.2. The number of para-hydroxylation sites is 2. The molecule has 0 bridgehead atoms. The molecule has 2 aromatic rings. The molecule has 1 saturated heterocycles. The second-order valence-corrected chi connectivity index (χ2v) is 6.24. The quantitative estimate of drug-likeness (QED) is 0.921. The van der Waals surface area contributed by atoms with E-state index in [1.165, 1.54) is 21.3 Å². The van der Waals surface area contributed by atoms with Gasteiger partial charge in [0.05, 0.1) is 36.1 Å². The Morgan fingerprint density at radius 1 is 1.29 bits per heavy atom. The molecule has 0 aliphatic carbocycles. The summed E-state index contributed by atoms with van der Waals surface area (Å²) in [4.78, 5) is 8.08. The fourth-order valence-electron chi connectivity index (χ4n) is 2.48. The van der Waals surface area contributed by atoms with Gasteiger partial charge in [0.2, 0.25) is 0 Å². The van der Waals surface area contributed by atoms with E-state index in [4.69, 9.17) is 4.74 Å². The molecule has 112 valence electrons. The number of rotatable bonds is 5. The lowest BCUT2D eigenvalue weighted by Crippen LogP contribution is -2.36. The van der Waals surface area contributed by atoms with Crippen molar-refractivity contribution in [3.8, 4) is 0 Å². The third kappa shape index (κ3) is 3.54. The fraction of sp³-hybridized carbons (Fsp3) is 0.438. The number of anilines is 2. The number of nitrogens with one attached hydrogen (secondary N) is 1. The predicted octanol–water partition coefficient (Wildman–Crippen LogP) is 3.15. The van der Waals surface area contributed by atoms with Crippen LogP contribution in [0.5, 0.6) is 0 Å². The van der Waals surface area contributed by atoms with Gasteiger partial charge in [0, 0.05) is 24.2 Å². The molecule has 1 aliphatic heterocycles. The molecule has 0 spiro atoms. The summed E-state index contributed by atoms with van der Waals surface area (Å²) >= 11 is 1.79. The van der Waals surface area contributed by atoms with Gasteiger partial charge >= 0.3 is 0 Å². The van der Waals surface area contributed by atoms with Crippen LogP contribution in [0.25, 0.3) is 0 Å². The molecule has 5 heteroatoms. The number of aromatic nitrogens is 1. The van der Waals surface area contributed by atoms with Crippen molar-refractivity contribution >= 4 is 22.7 Å². The second-order valence-electron chi connectivity index (χ2n) is 5.04. The lowest BCUT2D eigenvalue weighted by Gasteiger charge is -2.30. The Balaban J connectivity index is 1.69. The van der Waals surface area contributed by atoms with Crippen molar-refractivity contribution in [2.75, 3.05) is 36.5 Å². The van der Waals surface area contributed by atoms with Crippen LogP contribution in [0.3, 0.4) is 0 Å². The smallest absolute Gasteiger partial charge is 0.0925 e. The number of benzene rings is 1. The van der Waals surface area contributed by atoms with Gasteiger partial charge in [-0.3, -0.25) is 0 Å². The molecule has 0 amide bonds. The van der Waals surface area contributed by atoms with Gasteiger partial charge in [0.1, 0.15) is 0 Å². The minimum absolute atomic E-state index is 0.809. The summed E-state index contributed by atoms with van der Waals surface area (Å²) in [6.45, 7) is 6.51. The predicted molar refractivity (Wildman–Crippen MR) is 88.3 cm³/mol. The molecular formula is C16H21N3OS. The molecule has 21 heavy (non-hydrogen) atoms. The monoisotopic (exact) mass is 303 g/mol. The maximum atomic E-state index is 5.44. The number of ether oxygens (including phenoxy) is 1. The Bertz CT molecular complexity index is 578. The van der Waals surface area contributed by atoms with Crippen LogP contribution in [0.2, 0.25) is 0 Å². The fourth-order valence-corrected chi connectivity index (χ4v) is 3.28. The minimum atomic E-state index is 0.809. The number of hydrogen-bond acceptors (Lipinski definition) is 5. The lowest BCUT2D eigenvalue weighted by atomic mass is 10.2. The van der Waals surface area contributed by atoms with Crippen LogP contribution in [0, 0.1) is 0 Å². The first kappa shape index (κ1) is 14.4. The van der Waals surface area contributed by atoms with Crippen molar-refractivity contribution in [2.24, 2.45) is 0 Å². The SMILES string of the molecule is CCc1ncc(CNc2ccccc2N2CCOCC2)s1. The Hall–Kier alpha value is -1.59. The van der Waals surface area contributed by atoms with Crippen LogP contribution in [0.4, 0.5) is 11.4 Å². The zero-order valence-electron chi connectivity index (χ0n) is 12.3. The van der Waals surface area contributed by atoms with Gasteiger partial charge < -0.3 is 15.0 Å². The largest absolute Gasteiger partial charge is 0.378 e. The third-order valence-corrected chi connectivity index (χ3v) is 4.75. The van der Waals surface area contributed by atoms with Gasteiger partial charge in [0.15, 0.2) is 0 Å². The summed E-state index contributed by atoms with van der Waals surface area (Å²) in [5.41, 5.74) is 2.45. The molecule has 1 aromatic carbocycles. The van der Waals surface area contributed by atoms with Crippen LogP contribution >= 0.6 is 11.3 Å². The summed E-state index contributed by atoms with van der Waals surface area (Å²) in [6, 6.07) is 8.50. The zero-order valence-corrected chi connectivity index (χ0v) is 13.2. The molecule has 0 atom stereocenters. The summed E-state index contributed by atoms with van der Waals surface area (Å²) in [7, 11) is 0. The van der Waals surface area contributed by atoms with E-state index in [0.717, 1.165) is 39.3 Å². The Kier molecular flexibility index (Phi) is 4.72. The van der Waals surface area contributed by atoms with E-state index in [0.29, 0.717) is 0 Å². The molecular weight excluding hydrogens is 282 g/mol. The first-order valence-electron chi connectivity index (χ1n) is 7.46. The van der Waals surface area contributed by atoms with Gasteiger partial charge in [-0.2, -0.15) is 0 Å².